The van der Waals surface area contributed by atoms with Gasteiger partial charge in [-0.3, -0.25) is 0 Å². The predicted octanol–water partition coefficient (Wildman–Crippen LogP) is 0.359. The van der Waals surface area contributed by atoms with E-state index in [1.165, 1.54) is 6.08 Å². The number of rotatable bonds is 2. The first-order valence-corrected chi connectivity index (χ1v) is 2.88. The minimum absolute atomic E-state index is 0.122. The van der Waals surface area contributed by atoms with E-state index in [2.05, 4.69) is 4.99 Å². The summed E-state index contributed by atoms with van der Waals surface area (Å²) < 4.78 is 4.95. The normalized spacial score (nSPS) is 21.9. The highest BCUT2D eigenvalue weighted by Crippen LogP contribution is 2.26. The summed E-state index contributed by atoms with van der Waals surface area (Å²) in [6.07, 6.45) is 1.51. The van der Waals surface area contributed by atoms with Crippen LogP contribution in [0.4, 0.5) is 0 Å². The van der Waals surface area contributed by atoms with Crippen LogP contribution in [0.3, 0.4) is 0 Å². The van der Waals surface area contributed by atoms with E-state index in [1.807, 2.05) is 6.92 Å². The van der Waals surface area contributed by atoms with Crippen molar-refractivity contribution in [1.82, 2.24) is 0 Å². The summed E-state index contributed by atoms with van der Waals surface area (Å²) in [6, 6.07) is 0. The van der Waals surface area contributed by atoms with E-state index in [4.69, 9.17) is 4.74 Å². The van der Waals surface area contributed by atoms with E-state index in [0.717, 1.165) is 13.2 Å². The zero-order valence-electron chi connectivity index (χ0n) is 5.39. The Morgan fingerprint density at radius 1 is 1.78 bits per heavy atom. The molecule has 1 fully saturated rings. The molecule has 1 saturated heterocycles. The molecule has 50 valence electrons. The maximum Gasteiger partial charge on any atom is 0.234 e. The summed E-state index contributed by atoms with van der Waals surface area (Å²) in [5, 5.41) is 0. The van der Waals surface area contributed by atoms with Crippen LogP contribution in [-0.4, -0.2) is 25.8 Å². The monoisotopic (exact) mass is 127 g/mol. The van der Waals surface area contributed by atoms with Gasteiger partial charge in [0, 0.05) is 5.41 Å². The number of hydrogen-bond donors (Lipinski definition) is 0. The van der Waals surface area contributed by atoms with Crippen molar-refractivity contribution in [2.45, 2.75) is 6.92 Å². The van der Waals surface area contributed by atoms with Crippen LogP contribution in [0.2, 0.25) is 0 Å². The highest BCUT2D eigenvalue weighted by molar-refractivity contribution is 5.33. The standard InChI is InChI=1S/C6H9NO2/c1-6(2-7-5-8)3-9-4-6/h2-4H2,1H3. The largest absolute Gasteiger partial charge is 0.380 e. The lowest BCUT2D eigenvalue weighted by molar-refractivity contribution is -0.0944. The Bertz CT molecular complexity index is 145. The van der Waals surface area contributed by atoms with Crippen LogP contribution < -0.4 is 0 Å². The third-order valence-electron chi connectivity index (χ3n) is 1.43. The fraction of sp³-hybridized carbons (Fsp3) is 0.833. The molecule has 0 aliphatic carbocycles. The number of hydrogen-bond acceptors (Lipinski definition) is 3. The van der Waals surface area contributed by atoms with E-state index in [0.29, 0.717) is 6.54 Å². The quantitative estimate of drug-likeness (QED) is 0.397. The third-order valence-corrected chi connectivity index (χ3v) is 1.43. The first-order chi connectivity index (χ1) is 4.27. The Hall–Kier alpha value is -0.660. The second kappa shape index (κ2) is 2.29. The molecule has 0 radical (unpaired) electrons. The second-order valence-electron chi connectivity index (χ2n) is 2.71. The van der Waals surface area contributed by atoms with Crippen LogP contribution in [0.25, 0.3) is 0 Å². The van der Waals surface area contributed by atoms with E-state index >= 15 is 0 Å². The van der Waals surface area contributed by atoms with Crippen molar-refractivity contribution in [3.05, 3.63) is 0 Å². The van der Waals surface area contributed by atoms with Crippen molar-refractivity contribution >= 4 is 6.08 Å². The average Bonchev–Trinajstić information content (AvgIpc) is 1.79. The van der Waals surface area contributed by atoms with Gasteiger partial charge in [-0.05, 0) is 0 Å². The topological polar surface area (TPSA) is 38.7 Å². The molecule has 1 rings (SSSR count). The van der Waals surface area contributed by atoms with Crippen LogP contribution in [0.1, 0.15) is 6.92 Å². The van der Waals surface area contributed by atoms with E-state index in [9.17, 15) is 4.79 Å². The molecule has 3 nitrogen and oxygen atoms in total. The first-order valence-electron chi connectivity index (χ1n) is 2.88. The van der Waals surface area contributed by atoms with Gasteiger partial charge in [0.05, 0.1) is 19.8 Å². The summed E-state index contributed by atoms with van der Waals surface area (Å²) in [7, 11) is 0. The number of isocyanates is 1. The fourth-order valence-corrected chi connectivity index (χ4v) is 0.765. The maximum absolute atomic E-state index is 9.66. The van der Waals surface area contributed by atoms with Gasteiger partial charge in [0.15, 0.2) is 0 Å². The molecule has 1 aliphatic rings. The average molecular weight is 127 g/mol. The van der Waals surface area contributed by atoms with Gasteiger partial charge in [0.2, 0.25) is 6.08 Å². The molecule has 0 saturated carbocycles. The third kappa shape index (κ3) is 1.37. The van der Waals surface area contributed by atoms with Gasteiger partial charge in [-0.2, -0.15) is 0 Å². The van der Waals surface area contributed by atoms with E-state index < -0.39 is 0 Å². The van der Waals surface area contributed by atoms with Crippen LogP contribution in [0, 0.1) is 5.41 Å². The molecule has 0 atom stereocenters. The van der Waals surface area contributed by atoms with Crippen molar-refractivity contribution < 1.29 is 9.53 Å². The smallest absolute Gasteiger partial charge is 0.234 e. The van der Waals surface area contributed by atoms with Gasteiger partial charge in [-0.15, -0.1) is 0 Å². The summed E-state index contributed by atoms with van der Waals surface area (Å²) in [6.45, 7) is 4.03. The summed E-state index contributed by atoms with van der Waals surface area (Å²) in [5.41, 5.74) is 0.122. The molecule has 0 aromatic carbocycles. The highest BCUT2D eigenvalue weighted by Gasteiger charge is 2.32. The van der Waals surface area contributed by atoms with Gasteiger partial charge >= 0.3 is 0 Å². The van der Waals surface area contributed by atoms with Crippen molar-refractivity contribution in [3.63, 3.8) is 0 Å². The van der Waals surface area contributed by atoms with Crippen molar-refractivity contribution in [2.75, 3.05) is 19.8 Å². The highest BCUT2D eigenvalue weighted by atomic mass is 16.5. The minimum atomic E-state index is 0.122. The number of ether oxygens (including phenoxy) is 1. The van der Waals surface area contributed by atoms with Crippen LogP contribution in [-0.2, 0) is 9.53 Å². The van der Waals surface area contributed by atoms with Gasteiger partial charge in [-0.1, -0.05) is 6.92 Å². The molecule has 0 bridgehead atoms. The molecular weight excluding hydrogens is 118 g/mol. The van der Waals surface area contributed by atoms with Gasteiger partial charge in [0.1, 0.15) is 0 Å². The Kier molecular flexibility index (Phi) is 1.65. The Morgan fingerprint density at radius 2 is 2.44 bits per heavy atom. The lowest BCUT2D eigenvalue weighted by atomic mass is 9.89. The molecule has 1 aliphatic heterocycles. The molecule has 0 aromatic rings. The minimum Gasteiger partial charge on any atom is -0.380 e. The molecule has 0 aromatic heterocycles. The lowest BCUT2D eigenvalue weighted by Gasteiger charge is -2.35. The molecule has 0 N–H and O–H groups in total. The summed E-state index contributed by atoms with van der Waals surface area (Å²) >= 11 is 0. The first kappa shape index (κ1) is 6.46. The second-order valence-corrected chi connectivity index (χ2v) is 2.71. The lowest BCUT2D eigenvalue weighted by Crippen LogP contribution is -2.42. The van der Waals surface area contributed by atoms with Gasteiger partial charge in [-0.25, -0.2) is 9.79 Å². The maximum atomic E-state index is 9.66. The SMILES string of the molecule is CC1(CN=C=O)COC1. The van der Waals surface area contributed by atoms with E-state index in [-0.39, 0.29) is 5.41 Å². The summed E-state index contributed by atoms with van der Waals surface area (Å²) in [5.74, 6) is 0. The number of aliphatic imine (C=N–C) groups is 1. The Balaban J connectivity index is 2.32. The van der Waals surface area contributed by atoms with Crippen LogP contribution in [0.15, 0.2) is 4.99 Å². The van der Waals surface area contributed by atoms with Crippen molar-refractivity contribution in [1.29, 1.82) is 0 Å². The zero-order valence-corrected chi connectivity index (χ0v) is 5.39. The van der Waals surface area contributed by atoms with Crippen molar-refractivity contribution in [3.8, 4) is 0 Å². The van der Waals surface area contributed by atoms with Crippen molar-refractivity contribution in [2.24, 2.45) is 10.4 Å². The summed E-state index contributed by atoms with van der Waals surface area (Å²) in [4.78, 5) is 13.1. The zero-order chi connectivity index (χ0) is 6.74. The Morgan fingerprint density at radius 3 is 2.78 bits per heavy atom. The number of carbonyl (C=O) groups excluding carboxylic acids is 1. The molecule has 0 spiro atoms. The van der Waals surface area contributed by atoms with E-state index in [1.54, 1.807) is 0 Å². The van der Waals surface area contributed by atoms with Crippen LogP contribution in [0.5, 0.6) is 0 Å². The van der Waals surface area contributed by atoms with Gasteiger partial charge in [0.25, 0.3) is 0 Å². The molecule has 1 heterocycles. The number of nitrogens with zero attached hydrogens (tertiary/aromatic N) is 1. The molecular formula is C6H9NO2. The van der Waals surface area contributed by atoms with Crippen LogP contribution >= 0.6 is 0 Å². The Labute approximate surface area is 53.7 Å². The predicted molar refractivity (Wildman–Crippen MR) is 31.9 cm³/mol. The molecule has 9 heavy (non-hydrogen) atoms. The van der Waals surface area contributed by atoms with Gasteiger partial charge < -0.3 is 4.74 Å². The molecule has 3 heteroatoms. The molecule has 0 unspecified atom stereocenters. The fourth-order valence-electron chi connectivity index (χ4n) is 0.765. The molecule has 0 amide bonds.